The van der Waals surface area contributed by atoms with Crippen LogP contribution in [0.5, 0.6) is 17.2 Å². The van der Waals surface area contributed by atoms with Crippen LogP contribution in [-0.2, 0) is 0 Å². The van der Waals surface area contributed by atoms with Crippen LogP contribution in [0.3, 0.4) is 0 Å². The van der Waals surface area contributed by atoms with Crippen LogP contribution in [0.1, 0.15) is 10.4 Å². The third-order valence-corrected chi connectivity index (χ3v) is 5.31. The molecule has 0 aliphatic rings. The number of rotatable bonds is 6. The number of methoxy groups -OCH3 is 3. The predicted octanol–water partition coefficient (Wildman–Crippen LogP) is 5.39. The van der Waals surface area contributed by atoms with E-state index in [0.29, 0.717) is 44.7 Å². The number of halogens is 1. The van der Waals surface area contributed by atoms with Crippen molar-refractivity contribution in [3.63, 3.8) is 0 Å². The van der Waals surface area contributed by atoms with Crippen molar-refractivity contribution in [3.8, 4) is 28.6 Å². The molecule has 0 unspecified atom stereocenters. The number of amides is 1. The summed E-state index contributed by atoms with van der Waals surface area (Å²) in [4.78, 5) is 25.3. The number of hydrogen-bond acceptors (Lipinski definition) is 6. The summed E-state index contributed by atoms with van der Waals surface area (Å²) in [7, 11) is 4.40. The van der Waals surface area contributed by atoms with Crippen LogP contribution >= 0.6 is 11.6 Å². The van der Waals surface area contributed by atoms with Crippen molar-refractivity contribution in [3.05, 3.63) is 81.5 Å². The lowest BCUT2D eigenvalue weighted by molar-refractivity contribution is 0.102. The number of nitrogens with one attached hydrogen (secondary N) is 1. The lowest BCUT2D eigenvalue weighted by Crippen LogP contribution is -2.11. The minimum absolute atomic E-state index is 0.243. The molecule has 0 bridgehead atoms. The molecule has 33 heavy (non-hydrogen) atoms. The fraction of sp³-hybridized carbons (Fsp3) is 0.120. The number of carbonyl (C=O) groups excluding carboxylic acids is 1. The van der Waals surface area contributed by atoms with Gasteiger partial charge in [-0.1, -0.05) is 11.6 Å². The Morgan fingerprint density at radius 2 is 1.55 bits per heavy atom. The van der Waals surface area contributed by atoms with Gasteiger partial charge in [-0.2, -0.15) is 0 Å². The van der Waals surface area contributed by atoms with E-state index < -0.39 is 0 Å². The van der Waals surface area contributed by atoms with Crippen molar-refractivity contribution in [2.45, 2.75) is 0 Å². The van der Waals surface area contributed by atoms with Gasteiger partial charge in [0, 0.05) is 34.0 Å². The quantitative estimate of drug-likeness (QED) is 0.410. The average Bonchev–Trinajstić information content (AvgIpc) is 2.83. The lowest BCUT2D eigenvalue weighted by atomic mass is 10.1. The normalized spacial score (nSPS) is 10.7. The van der Waals surface area contributed by atoms with E-state index in [1.54, 1.807) is 54.6 Å². The van der Waals surface area contributed by atoms with Crippen LogP contribution in [-0.4, -0.2) is 27.2 Å². The number of ether oxygens (including phenoxy) is 3. The topological polar surface area (TPSA) is 87.0 Å². The SMILES string of the molecule is COc1cc2oc(-c3ccc(NC(=O)c4ccc(Cl)cc4)cc3)cc(=O)c2c(OC)c1OC. The summed E-state index contributed by atoms with van der Waals surface area (Å²) >= 11 is 5.87. The van der Waals surface area contributed by atoms with E-state index in [-0.39, 0.29) is 22.5 Å². The molecule has 7 nitrogen and oxygen atoms in total. The zero-order chi connectivity index (χ0) is 23.5. The minimum Gasteiger partial charge on any atom is -0.493 e. The molecule has 168 valence electrons. The molecule has 0 saturated carbocycles. The molecule has 0 aliphatic carbocycles. The van der Waals surface area contributed by atoms with Gasteiger partial charge >= 0.3 is 0 Å². The number of hydrogen-bond donors (Lipinski definition) is 1. The second kappa shape index (κ2) is 9.26. The highest BCUT2D eigenvalue weighted by Crippen LogP contribution is 2.42. The Morgan fingerprint density at radius 3 is 2.15 bits per heavy atom. The molecular formula is C25H20ClNO6. The molecule has 0 atom stereocenters. The van der Waals surface area contributed by atoms with E-state index in [0.717, 1.165) is 0 Å². The van der Waals surface area contributed by atoms with Crippen LogP contribution in [0.2, 0.25) is 5.02 Å². The van der Waals surface area contributed by atoms with Gasteiger partial charge in [0.15, 0.2) is 16.9 Å². The highest BCUT2D eigenvalue weighted by atomic mass is 35.5. The van der Waals surface area contributed by atoms with Crippen molar-refractivity contribution in [1.82, 2.24) is 0 Å². The number of benzene rings is 3. The van der Waals surface area contributed by atoms with Crippen LogP contribution in [0.25, 0.3) is 22.3 Å². The molecule has 0 spiro atoms. The van der Waals surface area contributed by atoms with Gasteiger partial charge in [0.1, 0.15) is 16.7 Å². The Labute approximate surface area is 194 Å². The number of anilines is 1. The van der Waals surface area contributed by atoms with Crippen LogP contribution in [0.15, 0.2) is 69.9 Å². The maximum atomic E-state index is 12.9. The maximum absolute atomic E-state index is 12.9. The summed E-state index contributed by atoms with van der Waals surface area (Å²) in [5, 5.41) is 3.63. The van der Waals surface area contributed by atoms with Gasteiger partial charge in [0.25, 0.3) is 5.91 Å². The maximum Gasteiger partial charge on any atom is 0.255 e. The van der Waals surface area contributed by atoms with Gasteiger partial charge in [-0.3, -0.25) is 9.59 Å². The number of carbonyl (C=O) groups is 1. The fourth-order valence-corrected chi connectivity index (χ4v) is 3.58. The zero-order valence-corrected chi connectivity index (χ0v) is 18.9. The van der Waals surface area contributed by atoms with Crippen molar-refractivity contribution in [1.29, 1.82) is 0 Å². The number of fused-ring (bicyclic) bond motifs is 1. The van der Waals surface area contributed by atoms with Gasteiger partial charge in [-0.05, 0) is 48.5 Å². The van der Waals surface area contributed by atoms with E-state index in [2.05, 4.69) is 5.32 Å². The summed E-state index contributed by atoms with van der Waals surface area (Å²) in [5.41, 5.74) is 1.75. The van der Waals surface area contributed by atoms with E-state index in [4.69, 9.17) is 30.2 Å². The Morgan fingerprint density at radius 1 is 0.879 bits per heavy atom. The van der Waals surface area contributed by atoms with Gasteiger partial charge in [-0.15, -0.1) is 0 Å². The minimum atomic E-state index is -0.288. The fourth-order valence-electron chi connectivity index (χ4n) is 3.45. The average molecular weight is 466 g/mol. The molecule has 0 radical (unpaired) electrons. The first-order valence-corrected chi connectivity index (χ1v) is 10.3. The van der Waals surface area contributed by atoms with E-state index in [1.165, 1.54) is 27.4 Å². The second-order valence-electron chi connectivity index (χ2n) is 7.03. The third-order valence-electron chi connectivity index (χ3n) is 5.06. The van der Waals surface area contributed by atoms with Gasteiger partial charge < -0.3 is 23.9 Å². The van der Waals surface area contributed by atoms with Crippen LogP contribution < -0.4 is 25.0 Å². The Hall–Kier alpha value is -3.97. The Balaban J connectivity index is 1.67. The summed E-state index contributed by atoms with van der Waals surface area (Å²) < 4.78 is 22.1. The molecule has 1 amide bonds. The highest BCUT2D eigenvalue weighted by Gasteiger charge is 2.20. The Bertz CT molecular complexity index is 1380. The van der Waals surface area contributed by atoms with Crippen LogP contribution in [0.4, 0.5) is 5.69 Å². The van der Waals surface area contributed by atoms with Crippen LogP contribution in [0, 0.1) is 0 Å². The molecular weight excluding hydrogens is 446 g/mol. The molecule has 0 saturated heterocycles. The van der Waals surface area contributed by atoms with Gasteiger partial charge in [0.05, 0.1) is 21.3 Å². The molecule has 0 aliphatic heterocycles. The van der Waals surface area contributed by atoms with Gasteiger partial charge in [-0.25, -0.2) is 0 Å². The standard InChI is InChI=1S/C25H20ClNO6/c1-30-21-13-20-22(24(32-3)23(21)31-2)18(28)12-19(33-20)14-6-10-17(11-7-14)27-25(29)15-4-8-16(26)9-5-15/h4-13H,1-3H3,(H,27,29). The molecule has 4 aromatic rings. The summed E-state index contributed by atoms with van der Waals surface area (Å²) in [6.45, 7) is 0. The summed E-state index contributed by atoms with van der Waals surface area (Å²) in [5.74, 6) is 1.03. The Kier molecular flexibility index (Phi) is 6.24. The molecule has 3 aromatic carbocycles. The summed E-state index contributed by atoms with van der Waals surface area (Å²) in [6, 6.07) is 16.5. The molecule has 0 fully saturated rings. The molecule has 1 heterocycles. The summed E-state index contributed by atoms with van der Waals surface area (Å²) in [6.07, 6.45) is 0. The molecule has 8 heteroatoms. The first kappa shape index (κ1) is 22.2. The molecule has 4 rings (SSSR count). The van der Waals surface area contributed by atoms with E-state index in [9.17, 15) is 9.59 Å². The van der Waals surface area contributed by atoms with E-state index >= 15 is 0 Å². The van der Waals surface area contributed by atoms with Crippen molar-refractivity contribution in [2.75, 3.05) is 26.6 Å². The lowest BCUT2D eigenvalue weighted by Gasteiger charge is -2.14. The molecule has 1 aromatic heterocycles. The highest BCUT2D eigenvalue weighted by molar-refractivity contribution is 6.30. The zero-order valence-electron chi connectivity index (χ0n) is 18.1. The first-order chi connectivity index (χ1) is 15.9. The van der Waals surface area contributed by atoms with E-state index in [1.807, 2.05) is 0 Å². The van der Waals surface area contributed by atoms with Crippen molar-refractivity contribution < 1.29 is 23.4 Å². The molecule has 1 N–H and O–H groups in total. The first-order valence-electron chi connectivity index (χ1n) is 9.89. The van der Waals surface area contributed by atoms with Crippen molar-refractivity contribution >= 4 is 34.2 Å². The monoisotopic (exact) mass is 465 g/mol. The van der Waals surface area contributed by atoms with Crippen molar-refractivity contribution in [2.24, 2.45) is 0 Å². The predicted molar refractivity (Wildman–Crippen MR) is 127 cm³/mol. The second-order valence-corrected chi connectivity index (χ2v) is 7.47. The smallest absolute Gasteiger partial charge is 0.255 e. The largest absolute Gasteiger partial charge is 0.493 e. The van der Waals surface area contributed by atoms with Gasteiger partial charge in [0.2, 0.25) is 5.75 Å². The third kappa shape index (κ3) is 4.36.